The predicted octanol–water partition coefficient (Wildman–Crippen LogP) is 1.17. The molecule has 0 aliphatic heterocycles. The van der Waals surface area contributed by atoms with Gasteiger partial charge < -0.3 is 15.2 Å². The van der Waals surface area contributed by atoms with Crippen LogP contribution in [0.25, 0.3) is 0 Å². The number of H-pyrrole nitrogens is 1. The zero-order valence-electron chi connectivity index (χ0n) is 13.4. The standard InChI is InChI=1S/C16H20N4O3/c1-4-20(5-2)12-8-6-11(7-9-12)18-14(21)13-10-17-16(23)19(3)15(13)22/h6-10H,4-5H2,1-3H3,(H,17,23)(H,18,21). The highest BCUT2D eigenvalue weighted by Gasteiger charge is 2.13. The van der Waals surface area contributed by atoms with Crippen molar-refractivity contribution in [2.75, 3.05) is 23.3 Å². The van der Waals surface area contributed by atoms with Crippen molar-refractivity contribution in [1.82, 2.24) is 9.55 Å². The third-order valence-corrected chi connectivity index (χ3v) is 3.68. The van der Waals surface area contributed by atoms with Gasteiger partial charge in [0.1, 0.15) is 5.56 Å². The van der Waals surface area contributed by atoms with Gasteiger partial charge in [-0.2, -0.15) is 0 Å². The van der Waals surface area contributed by atoms with Crippen molar-refractivity contribution < 1.29 is 4.79 Å². The number of amides is 1. The number of carbonyl (C=O) groups excluding carboxylic acids is 1. The van der Waals surface area contributed by atoms with Gasteiger partial charge in [0.05, 0.1) is 0 Å². The van der Waals surface area contributed by atoms with Gasteiger partial charge >= 0.3 is 5.69 Å². The molecule has 2 aromatic rings. The summed E-state index contributed by atoms with van der Waals surface area (Å²) in [5, 5.41) is 2.66. The fourth-order valence-electron chi connectivity index (χ4n) is 2.27. The number of nitrogens with one attached hydrogen (secondary N) is 2. The van der Waals surface area contributed by atoms with E-state index in [1.165, 1.54) is 7.05 Å². The van der Waals surface area contributed by atoms with Crippen molar-refractivity contribution in [2.45, 2.75) is 13.8 Å². The number of carbonyl (C=O) groups is 1. The number of anilines is 2. The van der Waals surface area contributed by atoms with E-state index in [1.807, 2.05) is 12.1 Å². The molecule has 0 aliphatic carbocycles. The van der Waals surface area contributed by atoms with Crippen LogP contribution in [0.1, 0.15) is 24.2 Å². The summed E-state index contributed by atoms with van der Waals surface area (Å²) in [6, 6.07) is 7.38. The van der Waals surface area contributed by atoms with Crippen molar-refractivity contribution in [2.24, 2.45) is 7.05 Å². The van der Waals surface area contributed by atoms with E-state index in [-0.39, 0.29) is 5.56 Å². The smallest absolute Gasteiger partial charge is 0.328 e. The molecule has 1 amide bonds. The summed E-state index contributed by atoms with van der Waals surface area (Å²) in [6.45, 7) is 5.95. The Morgan fingerprint density at radius 3 is 2.35 bits per heavy atom. The highest BCUT2D eigenvalue weighted by atomic mass is 16.2. The molecule has 0 aliphatic rings. The number of benzene rings is 1. The number of aromatic amines is 1. The lowest BCUT2D eigenvalue weighted by atomic mass is 10.2. The first kappa shape index (κ1) is 16.5. The van der Waals surface area contributed by atoms with E-state index >= 15 is 0 Å². The highest BCUT2D eigenvalue weighted by Crippen LogP contribution is 2.17. The Morgan fingerprint density at radius 1 is 1.17 bits per heavy atom. The minimum Gasteiger partial charge on any atom is -0.372 e. The Balaban J connectivity index is 2.20. The normalized spacial score (nSPS) is 10.4. The van der Waals surface area contributed by atoms with Gasteiger partial charge in [-0.3, -0.25) is 14.2 Å². The zero-order valence-corrected chi connectivity index (χ0v) is 13.4. The van der Waals surface area contributed by atoms with Gasteiger partial charge in [-0.05, 0) is 38.1 Å². The molecular weight excluding hydrogens is 296 g/mol. The summed E-state index contributed by atoms with van der Waals surface area (Å²) >= 11 is 0. The Labute approximate surface area is 133 Å². The SMILES string of the molecule is CCN(CC)c1ccc(NC(=O)c2c[nH]c(=O)n(C)c2=O)cc1. The molecular formula is C16H20N4O3. The Kier molecular flexibility index (Phi) is 5.00. The van der Waals surface area contributed by atoms with Crippen LogP contribution in [0.15, 0.2) is 40.1 Å². The second kappa shape index (κ2) is 6.95. The Hall–Kier alpha value is -2.83. The molecule has 1 aromatic carbocycles. The van der Waals surface area contributed by atoms with E-state index < -0.39 is 17.2 Å². The Bertz CT molecular complexity index is 801. The fraction of sp³-hybridized carbons (Fsp3) is 0.312. The first-order valence-corrected chi connectivity index (χ1v) is 7.43. The molecule has 0 unspecified atom stereocenters. The molecule has 7 nitrogen and oxygen atoms in total. The molecule has 0 fully saturated rings. The summed E-state index contributed by atoms with van der Waals surface area (Å²) < 4.78 is 0.860. The van der Waals surface area contributed by atoms with Gasteiger partial charge in [-0.15, -0.1) is 0 Å². The van der Waals surface area contributed by atoms with E-state index in [4.69, 9.17) is 0 Å². The third kappa shape index (κ3) is 3.50. The van der Waals surface area contributed by atoms with Gasteiger partial charge in [-0.1, -0.05) is 0 Å². The fourth-order valence-corrected chi connectivity index (χ4v) is 2.27. The number of nitrogens with zero attached hydrogens (tertiary/aromatic N) is 2. The van der Waals surface area contributed by atoms with Crippen LogP contribution in [-0.4, -0.2) is 28.5 Å². The van der Waals surface area contributed by atoms with Crippen molar-refractivity contribution in [3.8, 4) is 0 Å². The van der Waals surface area contributed by atoms with Crippen LogP contribution in [0.2, 0.25) is 0 Å². The molecule has 0 saturated carbocycles. The number of rotatable bonds is 5. The van der Waals surface area contributed by atoms with Gasteiger partial charge in [-0.25, -0.2) is 4.79 Å². The van der Waals surface area contributed by atoms with Crippen molar-refractivity contribution in [3.63, 3.8) is 0 Å². The van der Waals surface area contributed by atoms with Crippen molar-refractivity contribution in [3.05, 3.63) is 56.9 Å². The van der Waals surface area contributed by atoms with Crippen LogP contribution in [0.3, 0.4) is 0 Å². The summed E-state index contributed by atoms with van der Waals surface area (Å²) in [4.78, 5) is 39.9. The molecule has 2 N–H and O–H groups in total. The first-order valence-electron chi connectivity index (χ1n) is 7.43. The maximum absolute atomic E-state index is 12.2. The van der Waals surface area contributed by atoms with Crippen molar-refractivity contribution in [1.29, 1.82) is 0 Å². The van der Waals surface area contributed by atoms with E-state index in [2.05, 4.69) is 29.0 Å². The molecule has 1 aromatic heterocycles. The largest absolute Gasteiger partial charge is 0.372 e. The summed E-state index contributed by atoms with van der Waals surface area (Å²) in [5.41, 5.74) is 0.341. The molecule has 0 spiro atoms. The van der Waals surface area contributed by atoms with Gasteiger partial charge in [0.2, 0.25) is 0 Å². The number of hydrogen-bond acceptors (Lipinski definition) is 4. The number of hydrogen-bond donors (Lipinski definition) is 2. The van der Waals surface area contributed by atoms with Crippen LogP contribution in [-0.2, 0) is 7.05 Å². The molecule has 7 heteroatoms. The monoisotopic (exact) mass is 316 g/mol. The van der Waals surface area contributed by atoms with E-state index in [0.717, 1.165) is 29.5 Å². The van der Waals surface area contributed by atoms with Crippen LogP contribution in [0.4, 0.5) is 11.4 Å². The van der Waals surface area contributed by atoms with Gasteiger partial charge in [0.15, 0.2) is 0 Å². The van der Waals surface area contributed by atoms with Crippen LogP contribution < -0.4 is 21.5 Å². The third-order valence-electron chi connectivity index (χ3n) is 3.68. The van der Waals surface area contributed by atoms with Crippen LogP contribution in [0, 0.1) is 0 Å². The molecule has 2 rings (SSSR count). The molecule has 0 bridgehead atoms. The molecule has 0 atom stereocenters. The summed E-state index contributed by atoms with van der Waals surface area (Å²) in [6.07, 6.45) is 1.13. The van der Waals surface area contributed by atoms with Gasteiger partial charge in [0, 0.05) is 37.7 Å². The van der Waals surface area contributed by atoms with Crippen LogP contribution >= 0.6 is 0 Å². The lowest BCUT2D eigenvalue weighted by Gasteiger charge is -2.21. The van der Waals surface area contributed by atoms with Crippen molar-refractivity contribution >= 4 is 17.3 Å². The average Bonchev–Trinajstić information content (AvgIpc) is 2.55. The highest BCUT2D eigenvalue weighted by molar-refractivity contribution is 6.03. The summed E-state index contributed by atoms with van der Waals surface area (Å²) in [5.74, 6) is -0.558. The predicted molar refractivity (Wildman–Crippen MR) is 90.3 cm³/mol. The quantitative estimate of drug-likeness (QED) is 0.867. The van der Waals surface area contributed by atoms with E-state index in [9.17, 15) is 14.4 Å². The topological polar surface area (TPSA) is 87.2 Å². The molecule has 0 saturated heterocycles. The van der Waals surface area contributed by atoms with Crippen LogP contribution in [0.5, 0.6) is 0 Å². The lowest BCUT2D eigenvalue weighted by Crippen LogP contribution is -2.37. The lowest BCUT2D eigenvalue weighted by molar-refractivity contribution is 0.102. The average molecular weight is 316 g/mol. The van der Waals surface area contributed by atoms with E-state index in [1.54, 1.807) is 12.1 Å². The molecule has 23 heavy (non-hydrogen) atoms. The maximum atomic E-state index is 12.2. The van der Waals surface area contributed by atoms with Gasteiger partial charge in [0.25, 0.3) is 11.5 Å². The molecule has 122 valence electrons. The second-order valence-electron chi connectivity index (χ2n) is 5.04. The second-order valence-corrected chi connectivity index (χ2v) is 5.04. The summed E-state index contributed by atoms with van der Waals surface area (Å²) in [7, 11) is 1.32. The van der Waals surface area contributed by atoms with E-state index in [0.29, 0.717) is 5.69 Å². The zero-order chi connectivity index (χ0) is 17.0. The molecule has 0 radical (unpaired) electrons. The molecule has 1 heterocycles. The minimum absolute atomic E-state index is 0.111. The first-order chi connectivity index (χ1) is 11.0. The number of aromatic nitrogens is 2. The maximum Gasteiger partial charge on any atom is 0.328 e. The Morgan fingerprint density at radius 2 is 1.78 bits per heavy atom. The minimum atomic E-state index is -0.633.